The van der Waals surface area contributed by atoms with Gasteiger partial charge in [-0.15, -0.1) is 0 Å². The van der Waals surface area contributed by atoms with Gasteiger partial charge in [0.1, 0.15) is 12.4 Å². The maximum Gasteiger partial charge on any atom is 0.335 e. The number of carbonyl (C=O) groups is 2. The molecular weight excluding hydrogens is 403 g/mol. The molecule has 158 valence electrons. The largest absolute Gasteiger partial charge is 0.493 e. The van der Waals surface area contributed by atoms with E-state index in [1.54, 1.807) is 36.4 Å². The normalized spacial score (nSPS) is 10.6. The molecule has 3 rings (SSSR count). The summed E-state index contributed by atoms with van der Waals surface area (Å²) < 4.78 is 24.0. The number of amides is 1. The smallest absolute Gasteiger partial charge is 0.335 e. The number of hydrogen-bond donors (Lipinski definition) is 2. The molecule has 0 saturated carbocycles. The maximum absolute atomic E-state index is 12.9. The summed E-state index contributed by atoms with van der Waals surface area (Å²) in [5.74, 6) is -0.982. The fraction of sp³-hybridized carbons (Fsp3) is 0.0870. The Morgan fingerprint density at radius 3 is 2.52 bits per heavy atom. The molecule has 0 fully saturated rings. The number of hydrazone groups is 1. The monoisotopic (exact) mass is 422 g/mol. The standard InChI is InChI=1S/C23H19FN2O5/c1-30-21-12-15(13-25-26-22(27)17-6-8-19(24)9-7-17)5-10-20(21)31-14-16-3-2-4-18(11-16)23(28)29/h2-13H,14H2,1H3,(H,26,27)(H,28,29)/b25-13-. The van der Waals surface area contributed by atoms with Gasteiger partial charge in [-0.2, -0.15) is 5.10 Å². The zero-order chi connectivity index (χ0) is 22.2. The summed E-state index contributed by atoms with van der Waals surface area (Å²) in [5, 5.41) is 13.0. The molecule has 3 aromatic carbocycles. The number of benzene rings is 3. The molecule has 0 saturated heterocycles. The highest BCUT2D eigenvalue weighted by molar-refractivity contribution is 5.94. The summed E-state index contributed by atoms with van der Waals surface area (Å²) >= 11 is 0. The molecule has 0 heterocycles. The topological polar surface area (TPSA) is 97.2 Å². The molecule has 0 aliphatic rings. The van der Waals surface area contributed by atoms with Gasteiger partial charge in [-0.1, -0.05) is 12.1 Å². The number of nitrogens with one attached hydrogen (secondary N) is 1. The third-order valence-corrected chi connectivity index (χ3v) is 4.24. The summed E-state index contributed by atoms with van der Waals surface area (Å²) in [5.41, 5.74) is 4.19. The highest BCUT2D eigenvalue weighted by atomic mass is 19.1. The lowest BCUT2D eigenvalue weighted by molar-refractivity contribution is 0.0696. The van der Waals surface area contributed by atoms with Crippen molar-refractivity contribution in [2.75, 3.05) is 7.11 Å². The zero-order valence-electron chi connectivity index (χ0n) is 16.5. The van der Waals surface area contributed by atoms with Crippen molar-refractivity contribution in [1.29, 1.82) is 0 Å². The van der Waals surface area contributed by atoms with E-state index in [1.165, 1.54) is 43.7 Å². The Labute approximate surface area is 177 Å². The van der Waals surface area contributed by atoms with Crippen molar-refractivity contribution in [3.8, 4) is 11.5 Å². The average molecular weight is 422 g/mol. The van der Waals surface area contributed by atoms with Crippen molar-refractivity contribution in [3.63, 3.8) is 0 Å². The molecule has 0 spiro atoms. The maximum atomic E-state index is 12.9. The minimum Gasteiger partial charge on any atom is -0.493 e. The van der Waals surface area contributed by atoms with Crippen LogP contribution < -0.4 is 14.9 Å². The lowest BCUT2D eigenvalue weighted by atomic mass is 10.1. The van der Waals surface area contributed by atoms with E-state index in [1.807, 2.05) is 0 Å². The lowest BCUT2D eigenvalue weighted by Gasteiger charge is -2.11. The Kier molecular flexibility index (Phi) is 6.95. The van der Waals surface area contributed by atoms with Gasteiger partial charge in [0.2, 0.25) is 0 Å². The van der Waals surface area contributed by atoms with E-state index in [0.29, 0.717) is 22.6 Å². The van der Waals surface area contributed by atoms with Crippen LogP contribution in [-0.4, -0.2) is 30.3 Å². The number of aromatic carboxylic acids is 1. The number of methoxy groups -OCH3 is 1. The van der Waals surface area contributed by atoms with Crippen molar-refractivity contribution in [2.24, 2.45) is 5.10 Å². The van der Waals surface area contributed by atoms with Crippen molar-refractivity contribution in [2.45, 2.75) is 6.61 Å². The number of halogens is 1. The second-order valence-corrected chi connectivity index (χ2v) is 6.41. The first-order chi connectivity index (χ1) is 15.0. The molecule has 31 heavy (non-hydrogen) atoms. The molecule has 0 aromatic heterocycles. The van der Waals surface area contributed by atoms with Gasteiger partial charge in [-0.25, -0.2) is 14.6 Å². The Morgan fingerprint density at radius 2 is 1.81 bits per heavy atom. The molecular formula is C23H19FN2O5. The number of rotatable bonds is 8. The predicted molar refractivity (Wildman–Crippen MR) is 112 cm³/mol. The lowest BCUT2D eigenvalue weighted by Crippen LogP contribution is -2.17. The second-order valence-electron chi connectivity index (χ2n) is 6.41. The van der Waals surface area contributed by atoms with Crippen LogP contribution in [0.1, 0.15) is 31.8 Å². The highest BCUT2D eigenvalue weighted by Crippen LogP contribution is 2.28. The van der Waals surface area contributed by atoms with E-state index in [2.05, 4.69) is 10.5 Å². The summed E-state index contributed by atoms with van der Waals surface area (Å²) in [6, 6.07) is 16.7. The SMILES string of the molecule is COc1cc(/C=N\NC(=O)c2ccc(F)cc2)ccc1OCc1cccc(C(=O)O)c1. The fourth-order valence-corrected chi connectivity index (χ4v) is 2.67. The Bertz CT molecular complexity index is 1110. The number of carboxylic acids is 1. The van der Waals surface area contributed by atoms with Gasteiger partial charge >= 0.3 is 5.97 Å². The molecule has 7 nitrogen and oxygen atoms in total. The van der Waals surface area contributed by atoms with Crippen molar-refractivity contribution in [3.05, 3.63) is 94.8 Å². The van der Waals surface area contributed by atoms with Crippen LogP contribution in [0.25, 0.3) is 0 Å². The van der Waals surface area contributed by atoms with Crippen molar-refractivity contribution in [1.82, 2.24) is 5.43 Å². The van der Waals surface area contributed by atoms with Crippen LogP contribution in [0.5, 0.6) is 11.5 Å². The molecule has 2 N–H and O–H groups in total. The van der Waals surface area contributed by atoms with Crippen molar-refractivity contribution >= 4 is 18.1 Å². The number of hydrogen-bond acceptors (Lipinski definition) is 5. The van der Waals surface area contributed by atoms with Crippen LogP contribution in [0, 0.1) is 5.82 Å². The van der Waals surface area contributed by atoms with Gasteiger partial charge in [0.05, 0.1) is 18.9 Å². The van der Waals surface area contributed by atoms with E-state index in [0.717, 1.165) is 0 Å². The van der Waals surface area contributed by atoms with Crippen LogP contribution in [0.2, 0.25) is 0 Å². The highest BCUT2D eigenvalue weighted by Gasteiger charge is 2.08. The summed E-state index contributed by atoms with van der Waals surface area (Å²) in [6.07, 6.45) is 1.43. The fourth-order valence-electron chi connectivity index (χ4n) is 2.67. The van der Waals surface area contributed by atoms with Gasteiger partial charge in [0, 0.05) is 5.56 Å². The third-order valence-electron chi connectivity index (χ3n) is 4.24. The van der Waals surface area contributed by atoms with Gasteiger partial charge in [0.25, 0.3) is 5.91 Å². The number of carbonyl (C=O) groups excluding carboxylic acids is 1. The minimum atomic E-state index is -1.01. The zero-order valence-corrected chi connectivity index (χ0v) is 16.5. The Morgan fingerprint density at radius 1 is 1.03 bits per heavy atom. The van der Waals surface area contributed by atoms with Crippen LogP contribution in [0.15, 0.2) is 71.8 Å². The van der Waals surface area contributed by atoms with E-state index < -0.39 is 17.7 Å². The van der Waals surface area contributed by atoms with Gasteiger partial charge < -0.3 is 14.6 Å². The van der Waals surface area contributed by atoms with Crippen LogP contribution in [0.4, 0.5) is 4.39 Å². The first-order valence-corrected chi connectivity index (χ1v) is 9.18. The number of ether oxygens (including phenoxy) is 2. The van der Waals surface area contributed by atoms with E-state index >= 15 is 0 Å². The van der Waals surface area contributed by atoms with Crippen LogP contribution >= 0.6 is 0 Å². The summed E-state index contributed by atoms with van der Waals surface area (Å²) in [6.45, 7) is 0.165. The third kappa shape index (κ3) is 5.89. The quantitative estimate of drug-likeness (QED) is 0.424. The summed E-state index contributed by atoms with van der Waals surface area (Å²) in [4.78, 5) is 23.1. The van der Waals surface area contributed by atoms with Crippen LogP contribution in [0.3, 0.4) is 0 Å². The van der Waals surface area contributed by atoms with E-state index in [4.69, 9.17) is 14.6 Å². The van der Waals surface area contributed by atoms with Crippen LogP contribution in [-0.2, 0) is 6.61 Å². The number of nitrogens with zero attached hydrogens (tertiary/aromatic N) is 1. The molecule has 0 radical (unpaired) electrons. The van der Waals surface area contributed by atoms with Gasteiger partial charge in [-0.05, 0) is 65.7 Å². The summed E-state index contributed by atoms with van der Waals surface area (Å²) in [7, 11) is 1.49. The number of carboxylic acid groups (broad SMARTS) is 1. The van der Waals surface area contributed by atoms with Crippen molar-refractivity contribution < 1.29 is 28.6 Å². The van der Waals surface area contributed by atoms with Gasteiger partial charge in [-0.3, -0.25) is 4.79 Å². The Balaban J connectivity index is 1.63. The molecule has 0 bridgehead atoms. The molecule has 8 heteroatoms. The molecule has 0 unspecified atom stereocenters. The first kappa shape index (κ1) is 21.5. The first-order valence-electron chi connectivity index (χ1n) is 9.18. The minimum absolute atomic E-state index is 0.165. The molecule has 0 atom stereocenters. The van der Waals surface area contributed by atoms with Gasteiger partial charge in [0.15, 0.2) is 11.5 Å². The van der Waals surface area contributed by atoms with E-state index in [-0.39, 0.29) is 17.7 Å². The average Bonchev–Trinajstić information content (AvgIpc) is 2.78. The molecule has 3 aromatic rings. The Hall–Kier alpha value is -4.20. The predicted octanol–water partition coefficient (Wildman–Crippen LogP) is 3.88. The molecule has 0 aliphatic carbocycles. The molecule has 1 amide bonds. The van der Waals surface area contributed by atoms with E-state index in [9.17, 15) is 14.0 Å². The second kappa shape index (κ2) is 10.0. The molecule has 0 aliphatic heterocycles.